The van der Waals surface area contributed by atoms with E-state index in [9.17, 15) is 9.59 Å². The second-order valence-corrected chi connectivity index (χ2v) is 7.56. The highest BCUT2D eigenvalue weighted by atomic mass is 35.5. The molecule has 7 heteroatoms. The molecule has 0 aliphatic carbocycles. The van der Waals surface area contributed by atoms with Gasteiger partial charge in [-0.15, -0.1) is 0 Å². The summed E-state index contributed by atoms with van der Waals surface area (Å²) in [7, 11) is 0. The van der Waals surface area contributed by atoms with E-state index in [0.717, 1.165) is 5.56 Å². The van der Waals surface area contributed by atoms with Gasteiger partial charge in [0.1, 0.15) is 5.60 Å². The van der Waals surface area contributed by atoms with E-state index in [1.54, 1.807) is 19.1 Å². The Morgan fingerprint density at radius 3 is 2.36 bits per heavy atom. The van der Waals surface area contributed by atoms with Crippen LogP contribution in [0.15, 0.2) is 24.3 Å². The third kappa shape index (κ3) is 5.09. The summed E-state index contributed by atoms with van der Waals surface area (Å²) in [4.78, 5) is 26.0. The van der Waals surface area contributed by atoms with Crippen LogP contribution in [0.25, 0.3) is 0 Å². The molecule has 0 unspecified atom stereocenters. The summed E-state index contributed by atoms with van der Waals surface area (Å²) in [6.07, 6.45) is -0.430. The Morgan fingerprint density at radius 2 is 1.84 bits per heavy atom. The van der Waals surface area contributed by atoms with Gasteiger partial charge in [-0.05, 0) is 45.4 Å². The number of halogens is 1. The molecule has 1 heterocycles. The number of benzene rings is 1. The molecule has 1 amide bonds. The molecule has 1 aromatic rings. The number of esters is 1. The van der Waals surface area contributed by atoms with Crippen molar-refractivity contribution in [1.29, 1.82) is 0 Å². The Morgan fingerprint density at radius 1 is 1.24 bits per heavy atom. The number of hydrogen-bond donors (Lipinski definition) is 1. The molecule has 0 atom stereocenters. The van der Waals surface area contributed by atoms with Gasteiger partial charge in [0.25, 0.3) is 0 Å². The Balaban J connectivity index is 2.01. The molecule has 0 spiro atoms. The first-order valence-electron chi connectivity index (χ1n) is 8.30. The topological polar surface area (TPSA) is 67.9 Å². The predicted octanol–water partition coefficient (Wildman–Crippen LogP) is 2.98. The van der Waals surface area contributed by atoms with Crippen LogP contribution in [0.2, 0.25) is 5.02 Å². The third-order valence-corrected chi connectivity index (χ3v) is 4.04. The fourth-order valence-corrected chi connectivity index (χ4v) is 2.64. The fraction of sp³-hybridized carbons (Fsp3) is 0.556. The molecule has 6 nitrogen and oxygen atoms in total. The average molecular weight is 369 g/mol. The number of carbonyl (C=O) groups is 2. The van der Waals surface area contributed by atoms with Crippen LogP contribution < -0.4 is 5.32 Å². The first kappa shape index (κ1) is 19.5. The minimum Gasteiger partial charge on any atom is -0.465 e. The van der Waals surface area contributed by atoms with Crippen molar-refractivity contribution in [3.63, 3.8) is 0 Å². The number of hydrogen-bond acceptors (Lipinski definition) is 5. The van der Waals surface area contributed by atoms with Gasteiger partial charge in [0, 0.05) is 11.6 Å². The molecule has 1 fully saturated rings. The van der Waals surface area contributed by atoms with Crippen LogP contribution in [0, 0.1) is 0 Å². The number of nitrogens with one attached hydrogen (secondary N) is 1. The molecule has 1 aliphatic rings. The number of ether oxygens (including phenoxy) is 2. The maximum Gasteiger partial charge on any atom is 0.410 e. The van der Waals surface area contributed by atoms with E-state index in [-0.39, 0.29) is 25.7 Å². The van der Waals surface area contributed by atoms with Crippen molar-refractivity contribution >= 4 is 23.7 Å². The maximum absolute atomic E-state index is 12.4. The lowest BCUT2D eigenvalue weighted by Gasteiger charge is -2.48. The summed E-state index contributed by atoms with van der Waals surface area (Å²) in [5.74, 6) is -0.358. The molecule has 0 radical (unpaired) electrons. The number of rotatable bonds is 5. The first-order valence-corrected chi connectivity index (χ1v) is 8.67. The molecule has 138 valence electrons. The Labute approximate surface area is 153 Å². The van der Waals surface area contributed by atoms with Crippen molar-refractivity contribution in [3.8, 4) is 0 Å². The fourth-order valence-electron chi connectivity index (χ4n) is 2.52. The standard InChI is InChI=1S/C18H25ClN2O4/c1-5-24-15(22)18(20-10-13-6-8-14(19)9-7-13)11-21(12-18)16(23)25-17(2,3)4/h6-9,20H,5,10-12H2,1-4H3. The highest BCUT2D eigenvalue weighted by Gasteiger charge is 2.53. The average Bonchev–Trinajstić information content (AvgIpc) is 2.46. The van der Waals surface area contributed by atoms with E-state index in [4.69, 9.17) is 21.1 Å². The van der Waals surface area contributed by atoms with Crippen LogP contribution in [-0.4, -0.2) is 47.8 Å². The van der Waals surface area contributed by atoms with Gasteiger partial charge in [0.15, 0.2) is 5.54 Å². The lowest BCUT2D eigenvalue weighted by molar-refractivity contribution is -0.158. The van der Waals surface area contributed by atoms with Gasteiger partial charge < -0.3 is 14.4 Å². The quantitative estimate of drug-likeness (QED) is 0.809. The van der Waals surface area contributed by atoms with Gasteiger partial charge in [-0.2, -0.15) is 0 Å². The Hall–Kier alpha value is -1.79. The number of likely N-dealkylation sites (tertiary alicyclic amines) is 1. The van der Waals surface area contributed by atoms with E-state index in [0.29, 0.717) is 11.6 Å². The monoisotopic (exact) mass is 368 g/mol. The predicted molar refractivity (Wildman–Crippen MR) is 95.5 cm³/mol. The van der Waals surface area contributed by atoms with Gasteiger partial charge in [-0.3, -0.25) is 5.32 Å². The minimum absolute atomic E-state index is 0.217. The molecule has 0 aromatic heterocycles. The van der Waals surface area contributed by atoms with E-state index in [1.165, 1.54) is 4.90 Å². The lowest BCUT2D eigenvalue weighted by atomic mass is 9.89. The van der Waals surface area contributed by atoms with E-state index in [1.807, 2.05) is 32.9 Å². The normalized spacial score (nSPS) is 16.1. The van der Waals surface area contributed by atoms with Crippen LogP contribution in [-0.2, 0) is 20.8 Å². The minimum atomic E-state index is -0.910. The number of nitrogens with zero attached hydrogens (tertiary/aromatic N) is 1. The molecule has 1 N–H and O–H groups in total. The summed E-state index contributed by atoms with van der Waals surface area (Å²) in [6.45, 7) is 8.37. The molecule has 1 saturated heterocycles. The zero-order valence-corrected chi connectivity index (χ0v) is 15.9. The van der Waals surface area contributed by atoms with Gasteiger partial charge >= 0.3 is 12.1 Å². The molecular weight excluding hydrogens is 344 g/mol. The molecule has 0 saturated carbocycles. The smallest absolute Gasteiger partial charge is 0.410 e. The second-order valence-electron chi connectivity index (χ2n) is 7.12. The molecule has 25 heavy (non-hydrogen) atoms. The number of amides is 1. The largest absolute Gasteiger partial charge is 0.465 e. The van der Waals surface area contributed by atoms with E-state index in [2.05, 4.69) is 5.32 Å². The number of carbonyl (C=O) groups excluding carboxylic acids is 2. The van der Waals surface area contributed by atoms with E-state index < -0.39 is 17.2 Å². The Kier molecular flexibility index (Phi) is 5.95. The van der Waals surface area contributed by atoms with Crippen LogP contribution in [0.1, 0.15) is 33.3 Å². The zero-order valence-electron chi connectivity index (χ0n) is 15.1. The first-order chi connectivity index (χ1) is 11.6. The van der Waals surface area contributed by atoms with Gasteiger partial charge in [0.05, 0.1) is 19.7 Å². The highest BCUT2D eigenvalue weighted by molar-refractivity contribution is 6.30. The van der Waals surface area contributed by atoms with Gasteiger partial charge in [0.2, 0.25) is 0 Å². The summed E-state index contributed by atoms with van der Waals surface area (Å²) in [5.41, 5.74) is -0.494. The van der Waals surface area contributed by atoms with Crippen molar-refractivity contribution < 1.29 is 19.1 Å². The Bertz CT molecular complexity index is 619. The molecule has 1 aromatic carbocycles. The van der Waals surface area contributed by atoms with E-state index >= 15 is 0 Å². The third-order valence-electron chi connectivity index (χ3n) is 3.78. The zero-order chi connectivity index (χ0) is 18.7. The summed E-state index contributed by atoms with van der Waals surface area (Å²) < 4.78 is 10.5. The van der Waals surface area contributed by atoms with Crippen molar-refractivity contribution in [2.24, 2.45) is 0 Å². The molecule has 0 bridgehead atoms. The summed E-state index contributed by atoms with van der Waals surface area (Å²) >= 11 is 5.89. The van der Waals surface area contributed by atoms with Crippen LogP contribution in [0.5, 0.6) is 0 Å². The van der Waals surface area contributed by atoms with Gasteiger partial charge in [-0.25, -0.2) is 9.59 Å². The van der Waals surface area contributed by atoms with Crippen LogP contribution in [0.3, 0.4) is 0 Å². The summed E-state index contributed by atoms with van der Waals surface area (Å²) in [6, 6.07) is 7.36. The van der Waals surface area contributed by atoms with Crippen LogP contribution in [0.4, 0.5) is 4.79 Å². The lowest BCUT2D eigenvalue weighted by Crippen LogP contribution is -2.74. The van der Waals surface area contributed by atoms with Crippen molar-refractivity contribution in [2.75, 3.05) is 19.7 Å². The molecule has 1 aliphatic heterocycles. The van der Waals surface area contributed by atoms with Crippen molar-refractivity contribution in [2.45, 2.75) is 45.4 Å². The molecule has 2 rings (SSSR count). The van der Waals surface area contributed by atoms with Gasteiger partial charge in [-0.1, -0.05) is 23.7 Å². The highest BCUT2D eigenvalue weighted by Crippen LogP contribution is 2.26. The summed E-state index contributed by atoms with van der Waals surface area (Å²) in [5, 5.41) is 3.89. The maximum atomic E-state index is 12.4. The molecular formula is C18H25ClN2O4. The van der Waals surface area contributed by atoms with Crippen molar-refractivity contribution in [3.05, 3.63) is 34.9 Å². The van der Waals surface area contributed by atoms with Crippen molar-refractivity contribution in [1.82, 2.24) is 10.2 Å². The second kappa shape index (κ2) is 7.62. The van der Waals surface area contributed by atoms with Crippen LogP contribution >= 0.6 is 11.6 Å². The SMILES string of the molecule is CCOC(=O)C1(NCc2ccc(Cl)cc2)CN(C(=O)OC(C)(C)C)C1.